The third-order valence-corrected chi connectivity index (χ3v) is 4.40. The minimum atomic E-state index is -4.40. The molecule has 2 atom stereocenters. The van der Waals surface area contributed by atoms with Gasteiger partial charge < -0.3 is 5.11 Å². The second-order valence-corrected chi connectivity index (χ2v) is 8.19. The lowest BCUT2D eigenvalue weighted by Crippen LogP contribution is -2.37. The molecule has 0 bridgehead atoms. The molecular formula is C18H24F6N4O2. The molecule has 170 valence electrons. The van der Waals surface area contributed by atoms with Crippen LogP contribution in [0.15, 0.2) is 5.83 Å². The second kappa shape index (κ2) is 8.66. The van der Waals surface area contributed by atoms with Crippen molar-refractivity contribution in [2.45, 2.75) is 77.2 Å². The fourth-order valence-corrected chi connectivity index (χ4v) is 2.54. The van der Waals surface area contributed by atoms with Gasteiger partial charge in [-0.05, 0) is 33.6 Å². The van der Waals surface area contributed by atoms with Gasteiger partial charge in [-0.2, -0.15) is 23.1 Å². The van der Waals surface area contributed by atoms with Gasteiger partial charge in [-0.25, -0.2) is 23.6 Å². The molecule has 1 aliphatic carbocycles. The summed E-state index contributed by atoms with van der Waals surface area (Å²) in [4.78, 5) is 17.2. The molecule has 0 amide bonds. The molecule has 2 N–H and O–H groups in total. The minimum absolute atomic E-state index is 0.0942. The van der Waals surface area contributed by atoms with Gasteiger partial charge >= 0.3 is 6.18 Å². The number of alkyl halides is 5. The first-order valence-corrected chi connectivity index (χ1v) is 9.30. The van der Waals surface area contributed by atoms with E-state index in [4.69, 9.17) is 4.84 Å². The highest BCUT2D eigenvalue weighted by atomic mass is 19.4. The Hall–Kier alpha value is -1.95. The van der Waals surface area contributed by atoms with Crippen molar-refractivity contribution in [2.75, 3.05) is 5.48 Å². The molecule has 0 saturated heterocycles. The number of aryl methyl sites for hydroxylation is 1. The van der Waals surface area contributed by atoms with E-state index in [9.17, 15) is 31.4 Å². The molecule has 6 nitrogen and oxygen atoms in total. The molecule has 1 aromatic rings. The summed E-state index contributed by atoms with van der Waals surface area (Å²) < 4.78 is 79.8. The average molecular weight is 442 g/mol. The van der Waals surface area contributed by atoms with Crippen LogP contribution in [-0.4, -0.2) is 43.9 Å². The molecule has 0 saturated carbocycles. The fourth-order valence-electron chi connectivity index (χ4n) is 2.54. The Morgan fingerprint density at radius 1 is 1.20 bits per heavy atom. The van der Waals surface area contributed by atoms with E-state index in [1.165, 1.54) is 0 Å². The maximum absolute atomic E-state index is 14.4. The van der Waals surface area contributed by atoms with E-state index >= 15 is 0 Å². The zero-order chi connectivity index (χ0) is 22.9. The summed E-state index contributed by atoms with van der Waals surface area (Å²) in [6, 6.07) is 0. The Bertz CT molecular complexity index is 792. The van der Waals surface area contributed by atoms with Gasteiger partial charge in [0, 0.05) is 18.4 Å². The fraction of sp³-hybridized carbons (Fsp3) is 0.722. The van der Waals surface area contributed by atoms with Gasteiger partial charge in [-0.3, -0.25) is 4.84 Å². The minimum Gasteiger partial charge on any atom is -0.380 e. The Kier molecular flexibility index (Phi) is 7.02. The van der Waals surface area contributed by atoms with Crippen LogP contribution < -0.4 is 5.48 Å². The second-order valence-electron chi connectivity index (χ2n) is 8.19. The summed E-state index contributed by atoms with van der Waals surface area (Å²) in [6.07, 6.45) is -8.89. The summed E-state index contributed by atoms with van der Waals surface area (Å²) in [7, 11) is 0. The van der Waals surface area contributed by atoms with E-state index in [2.05, 4.69) is 20.4 Å². The molecule has 0 aliphatic heterocycles. The Morgan fingerprint density at radius 3 is 2.40 bits per heavy atom. The lowest BCUT2D eigenvalue weighted by Gasteiger charge is -2.27. The molecule has 1 aromatic heterocycles. The SMILES string of the molecule is C[C@H](CCc1nc(NOC(C)(C)C)nc(C2=C(F)C(O)C(F)(F)CC2)n1)C(F)(F)F. The third-order valence-electron chi connectivity index (χ3n) is 4.40. The van der Waals surface area contributed by atoms with Crippen LogP contribution >= 0.6 is 0 Å². The quantitative estimate of drug-likeness (QED) is 0.495. The van der Waals surface area contributed by atoms with Gasteiger partial charge in [0.1, 0.15) is 11.7 Å². The number of hydrogen-bond acceptors (Lipinski definition) is 6. The normalized spacial score (nSPS) is 21.0. The number of allylic oxidation sites excluding steroid dienone is 1. The average Bonchev–Trinajstić information content (AvgIpc) is 2.61. The molecule has 0 radical (unpaired) electrons. The number of nitrogens with zero attached hydrogens (tertiary/aromatic N) is 3. The van der Waals surface area contributed by atoms with Gasteiger partial charge in [0.05, 0.1) is 11.5 Å². The van der Waals surface area contributed by atoms with Crippen molar-refractivity contribution < 1.29 is 36.3 Å². The van der Waals surface area contributed by atoms with Gasteiger partial charge in [0.2, 0.25) is 0 Å². The standard InChI is InChI=1S/C18H24F6N4O2/c1-9(18(22,23)24)5-6-11-25-14(27-15(26-11)28-30-16(2,3)4)10-7-8-17(20,21)13(29)12(10)19/h9,13,29H,5-8H2,1-4H3,(H,25,26,27,28)/t9-,13?/m1/s1. The maximum atomic E-state index is 14.4. The predicted octanol–water partition coefficient (Wildman–Crippen LogP) is 4.62. The van der Waals surface area contributed by atoms with Crippen LogP contribution in [0.4, 0.5) is 32.3 Å². The van der Waals surface area contributed by atoms with Crippen molar-refractivity contribution in [1.82, 2.24) is 15.0 Å². The monoisotopic (exact) mass is 442 g/mol. The van der Waals surface area contributed by atoms with Crippen molar-refractivity contribution in [2.24, 2.45) is 5.92 Å². The van der Waals surface area contributed by atoms with Crippen LogP contribution in [-0.2, 0) is 11.3 Å². The molecule has 0 fully saturated rings. The number of nitrogens with one attached hydrogen (secondary N) is 1. The van der Waals surface area contributed by atoms with Gasteiger partial charge in [-0.1, -0.05) is 6.92 Å². The van der Waals surface area contributed by atoms with Crippen LogP contribution in [0.3, 0.4) is 0 Å². The number of hydrogen-bond donors (Lipinski definition) is 2. The molecular weight excluding hydrogens is 418 g/mol. The molecule has 1 heterocycles. The summed E-state index contributed by atoms with van der Waals surface area (Å²) in [6.45, 7) is 6.12. The highest BCUT2D eigenvalue weighted by molar-refractivity contribution is 5.65. The van der Waals surface area contributed by atoms with Crippen LogP contribution in [0.5, 0.6) is 0 Å². The Balaban J connectivity index is 2.38. The van der Waals surface area contributed by atoms with E-state index in [1.54, 1.807) is 20.8 Å². The smallest absolute Gasteiger partial charge is 0.380 e. The van der Waals surface area contributed by atoms with Crippen LogP contribution in [0.2, 0.25) is 0 Å². The molecule has 0 aromatic carbocycles. The Labute approximate surface area is 169 Å². The van der Waals surface area contributed by atoms with E-state index in [0.29, 0.717) is 0 Å². The molecule has 30 heavy (non-hydrogen) atoms. The zero-order valence-electron chi connectivity index (χ0n) is 16.9. The van der Waals surface area contributed by atoms with E-state index < -0.39 is 48.4 Å². The first kappa shape index (κ1) is 24.3. The van der Waals surface area contributed by atoms with Gasteiger partial charge in [-0.15, -0.1) is 0 Å². The number of aliphatic hydroxyl groups excluding tert-OH is 1. The summed E-state index contributed by atoms with van der Waals surface area (Å²) in [5.41, 5.74) is 1.39. The summed E-state index contributed by atoms with van der Waals surface area (Å²) in [5, 5.41) is 9.53. The molecule has 0 spiro atoms. The third kappa shape index (κ3) is 6.27. The number of aromatic nitrogens is 3. The number of aliphatic hydroxyl groups is 1. The number of halogens is 6. The maximum Gasteiger partial charge on any atom is 0.391 e. The van der Waals surface area contributed by atoms with Crippen molar-refractivity contribution >= 4 is 11.5 Å². The largest absolute Gasteiger partial charge is 0.391 e. The van der Waals surface area contributed by atoms with Crippen molar-refractivity contribution in [3.63, 3.8) is 0 Å². The first-order valence-electron chi connectivity index (χ1n) is 9.30. The topological polar surface area (TPSA) is 80.2 Å². The first-order chi connectivity index (χ1) is 13.6. The van der Waals surface area contributed by atoms with E-state index in [0.717, 1.165) is 6.92 Å². The molecule has 2 rings (SSSR count). The molecule has 1 unspecified atom stereocenters. The lowest BCUT2D eigenvalue weighted by atomic mass is 9.92. The lowest BCUT2D eigenvalue weighted by molar-refractivity contribution is -0.171. The van der Waals surface area contributed by atoms with Gasteiger partial charge in [0.15, 0.2) is 11.9 Å². The van der Waals surface area contributed by atoms with Crippen LogP contribution in [0.1, 0.15) is 58.6 Å². The van der Waals surface area contributed by atoms with Crippen molar-refractivity contribution in [3.05, 3.63) is 17.5 Å². The van der Waals surface area contributed by atoms with E-state index in [-0.39, 0.29) is 36.0 Å². The number of rotatable bonds is 6. The molecule has 1 aliphatic rings. The van der Waals surface area contributed by atoms with E-state index in [1.807, 2.05) is 0 Å². The van der Waals surface area contributed by atoms with Crippen LogP contribution in [0.25, 0.3) is 5.57 Å². The van der Waals surface area contributed by atoms with Gasteiger partial charge in [0.25, 0.3) is 11.9 Å². The zero-order valence-corrected chi connectivity index (χ0v) is 16.9. The summed E-state index contributed by atoms with van der Waals surface area (Å²) in [5.74, 6) is -7.39. The predicted molar refractivity (Wildman–Crippen MR) is 96.0 cm³/mol. The molecule has 12 heteroatoms. The number of anilines is 1. The Morgan fingerprint density at radius 2 is 1.83 bits per heavy atom. The summed E-state index contributed by atoms with van der Waals surface area (Å²) >= 11 is 0. The van der Waals surface area contributed by atoms with Crippen LogP contribution in [0, 0.1) is 5.92 Å². The highest BCUT2D eigenvalue weighted by Crippen LogP contribution is 2.41. The van der Waals surface area contributed by atoms with Crippen molar-refractivity contribution in [3.8, 4) is 0 Å². The highest BCUT2D eigenvalue weighted by Gasteiger charge is 2.46. The van der Waals surface area contributed by atoms with Crippen molar-refractivity contribution in [1.29, 1.82) is 0 Å².